The largest absolute Gasteiger partial charge is 0.496 e. The highest BCUT2D eigenvalue weighted by atomic mass is 19.1. The van der Waals surface area contributed by atoms with Crippen molar-refractivity contribution in [2.24, 2.45) is 0 Å². The van der Waals surface area contributed by atoms with Crippen LogP contribution in [0, 0.1) is 5.82 Å². The normalized spacial score (nSPS) is 12.0. The first-order valence-electron chi connectivity index (χ1n) is 6.35. The Morgan fingerprint density at radius 2 is 1.70 bits per heavy atom. The minimum atomic E-state index is -0.369. The first-order chi connectivity index (χ1) is 9.71. The number of benzene rings is 2. The van der Waals surface area contributed by atoms with Crippen LogP contribution in [0.3, 0.4) is 0 Å². The van der Waals surface area contributed by atoms with E-state index in [4.69, 9.17) is 9.47 Å². The highest BCUT2D eigenvalue weighted by Gasteiger charge is 2.17. The molecule has 0 aliphatic rings. The molecule has 0 saturated heterocycles. The maximum atomic E-state index is 13.5. The average molecular weight is 275 g/mol. The predicted octanol–water partition coefficient (Wildman–Crippen LogP) is 3.15. The van der Waals surface area contributed by atoms with Crippen LogP contribution in [0.25, 0.3) is 0 Å². The summed E-state index contributed by atoms with van der Waals surface area (Å²) < 4.78 is 23.9. The highest BCUT2D eigenvalue weighted by Crippen LogP contribution is 2.31. The topological polar surface area (TPSA) is 30.5 Å². The van der Waals surface area contributed by atoms with E-state index >= 15 is 0 Å². The number of ether oxygens (including phenoxy) is 2. The molecule has 0 heterocycles. The third-order valence-corrected chi connectivity index (χ3v) is 3.25. The van der Waals surface area contributed by atoms with E-state index in [1.807, 2.05) is 31.3 Å². The number of para-hydroxylation sites is 1. The van der Waals surface area contributed by atoms with Crippen LogP contribution in [0.1, 0.15) is 17.2 Å². The summed E-state index contributed by atoms with van der Waals surface area (Å²) >= 11 is 0. The van der Waals surface area contributed by atoms with Crippen molar-refractivity contribution in [1.29, 1.82) is 0 Å². The van der Waals surface area contributed by atoms with Gasteiger partial charge in [0.25, 0.3) is 0 Å². The first kappa shape index (κ1) is 14.3. The number of methoxy groups -OCH3 is 2. The summed E-state index contributed by atoms with van der Waals surface area (Å²) in [6.45, 7) is 0. The Morgan fingerprint density at radius 3 is 2.35 bits per heavy atom. The SMILES string of the molecule is CNC(c1ccc(F)c(OC)c1)c1ccccc1OC. The van der Waals surface area contributed by atoms with E-state index < -0.39 is 0 Å². The summed E-state index contributed by atoms with van der Waals surface area (Å²) in [7, 11) is 4.95. The molecule has 4 heteroatoms. The van der Waals surface area contributed by atoms with Crippen LogP contribution in [0.4, 0.5) is 4.39 Å². The van der Waals surface area contributed by atoms with Gasteiger partial charge in [0.2, 0.25) is 0 Å². The Kier molecular flexibility index (Phi) is 4.58. The summed E-state index contributed by atoms with van der Waals surface area (Å²) in [4.78, 5) is 0. The molecule has 0 fully saturated rings. The summed E-state index contributed by atoms with van der Waals surface area (Å²) in [6, 6.07) is 12.5. The standard InChI is InChI=1S/C16H18FNO2/c1-18-16(12-6-4-5-7-14(12)19-2)11-8-9-13(17)15(10-11)20-3/h4-10,16,18H,1-3H3. The zero-order chi connectivity index (χ0) is 14.5. The lowest BCUT2D eigenvalue weighted by Crippen LogP contribution is -2.18. The van der Waals surface area contributed by atoms with Gasteiger partial charge in [-0.2, -0.15) is 0 Å². The van der Waals surface area contributed by atoms with Gasteiger partial charge in [0.05, 0.1) is 20.3 Å². The quantitative estimate of drug-likeness (QED) is 0.909. The third kappa shape index (κ3) is 2.75. The Bertz CT molecular complexity index is 586. The van der Waals surface area contributed by atoms with Crippen LogP contribution in [-0.4, -0.2) is 21.3 Å². The Morgan fingerprint density at radius 1 is 1.00 bits per heavy atom. The van der Waals surface area contributed by atoms with E-state index in [9.17, 15) is 4.39 Å². The first-order valence-corrected chi connectivity index (χ1v) is 6.35. The fourth-order valence-corrected chi connectivity index (χ4v) is 2.26. The molecule has 2 aromatic rings. The lowest BCUT2D eigenvalue weighted by molar-refractivity contribution is 0.385. The third-order valence-electron chi connectivity index (χ3n) is 3.25. The molecular formula is C16H18FNO2. The lowest BCUT2D eigenvalue weighted by atomic mass is 9.97. The van der Waals surface area contributed by atoms with Gasteiger partial charge in [-0.3, -0.25) is 0 Å². The van der Waals surface area contributed by atoms with E-state index in [0.29, 0.717) is 0 Å². The molecular weight excluding hydrogens is 257 g/mol. The summed E-state index contributed by atoms with van der Waals surface area (Å²) in [6.07, 6.45) is 0. The van der Waals surface area contributed by atoms with Gasteiger partial charge in [-0.05, 0) is 30.8 Å². The van der Waals surface area contributed by atoms with E-state index in [2.05, 4.69) is 5.32 Å². The van der Waals surface area contributed by atoms with Crippen molar-refractivity contribution in [2.45, 2.75) is 6.04 Å². The van der Waals surface area contributed by atoms with Gasteiger partial charge in [0.1, 0.15) is 5.75 Å². The Balaban J connectivity index is 2.47. The molecule has 0 bridgehead atoms. The summed E-state index contributed by atoms with van der Waals surface area (Å²) in [5.74, 6) is 0.652. The van der Waals surface area contributed by atoms with Crippen molar-refractivity contribution in [1.82, 2.24) is 5.32 Å². The molecule has 0 aliphatic heterocycles. The Hall–Kier alpha value is -2.07. The molecule has 0 spiro atoms. The van der Waals surface area contributed by atoms with Gasteiger partial charge in [-0.15, -0.1) is 0 Å². The molecule has 2 rings (SSSR count). The van der Waals surface area contributed by atoms with E-state index in [1.54, 1.807) is 19.2 Å². The fraction of sp³-hybridized carbons (Fsp3) is 0.250. The van der Waals surface area contributed by atoms with Crippen molar-refractivity contribution in [3.8, 4) is 11.5 Å². The molecule has 0 amide bonds. The van der Waals surface area contributed by atoms with Crippen LogP contribution >= 0.6 is 0 Å². The van der Waals surface area contributed by atoms with Gasteiger partial charge in [0.15, 0.2) is 11.6 Å². The van der Waals surface area contributed by atoms with Crippen LogP contribution < -0.4 is 14.8 Å². The van der Waals surface area contributed by atoms with Crippen molar-refractivity contribution in [3.05, 3.63) is 59.4 Å². The molecule has 1 atom stereocenters. The second-order valence-electron chi connectivity index (χ2n) is 4.36. The zero-order valence-corrected chi connectivity index (χ0v) is 11.8. The molecule has 1 N–H and O–H groups in total. The zero-order valence-electron chi connectivity index (χ0n) is 11.8. The second kappa shape index (κ2) is 6.39. The molecule has 0 aromatic heterocycles. The molecule has 2 aromatic carbocycles. The molecule has 1 unspecified atom stereocenters. The van der Waals surface area contributed by atoms with Crippen LogP contribution in [0.15, 0.2) is 42.5 Å². The minimum absolute atomic E-state index is 0.0966. The summed E-state index contributed by atoms with van der Waals surface area (Å²) in [5, 5.41) is 3.22. The van der Waals surface area contributed by atoms with Crippen molar-refractivity contribution in [2.75, 3.05) is 21.3 Å². The molecule has 0 radical (unpaired) electrons. The molecule has 0 aliphatic carbocycles. The van der Waals surface area contributed by atoms with E-state index in [-0.39, 0.29) is 17.6 Å². The van der Waals surface area contributed by atoms with Crippen LogP contribution in [-0.2, 0) is 0 Å². The predicted molar refractivity (Wildman–Crippen MR) is 76.8 cm³/mol. The molecule has 3 nitrogen and oxygen atoms in total. The second-order valence-corrected chi connectivity index (χ2v) is 4.36. The molecule has 106 valence electrons. The number of rotatable bonds is 5. The molecule has 20 heavy (non-hydrogen) atoms. The van der Waals surface area contributed by atoms with E-state index in [0.717, 1.165) is 16.9 Å². The maximum absolute atomic E-state index is 13.5. The monoisotopic (exact) mass is 275 g/mol. The highest BCUT2D eigenvalue weighted by molar-refractivity contribution is 5.43. The molecule has 0 saturated carbocycles. The van der Waals surface area contributed by atoms with Crippen molar-refractivity contribution in [3.63, 3.8) is 0 Å². The number of nitrogens with one attached hydrogen (secondary N) is 1. The van der Waals surface area contributed by atoms with Crippen molar-refractivity contribution < 1.29 is 13.9 Å². The van der Waals surface area contributed by atoms with Crippen LogP contribution in [0.5, 0.6) is 11.5 Å². The number of hydrogen-bond acceptors (Lipinski definition) is 3. The lowest BCUT2D eigenvalue weighted by Gasteiger charge is -2.20. The summed E-state index contributed by atoms with van der Waals surface area (Å²) in [5.41, 5.74) is 1.90. The number of halogens is 1. The van der Waals surface area contributed by atoms with Crippen LogP contribution in [0.2, 0.25) is 0 Å². The van der Waals surface area contributed by atoms with E-state index in [1.165, 1.54) is 13.2 Å². The smallest absolute Gasteiger partial charge is 0.165 e. The van der Waals surface area contributed by atoms with Gasteiger partial charge < -0.3 is 14.8 Å². The minimum Gasteiger partial charge on any atom is -0.496 e. The van der Waals surface area contributed by atoms with Gasteiger partial charge in [-0.25, -0.2) is 4.39 Å². The van der Waals surface area contributed by atoms with Gasteiger partial charge in [0, 0.05) is 5.56 Å². The van der Waals surface area contributed by atoms with Gasteiger partial charge in [-0.1, -0.05) is 24.3 Å². The fourth-order valence-electron chi connectivity index (χ4n) is 2.26. The maximum Gasteiger partial charge on any atom is 0.165 e. The van der Waals surface area contributed by atoms with Crippen molar-refractivity contribution >= 4 is 0 Å². The Labute approximate surface area is 118 Å². The van der Waals surface area contributed by atoms with Gasteiger partial charge >= 0.3 is 0 Å². The number of hydrogen-bond donors (Lipinski definition) is 1. The average Bonchev–Trinajstić information content (AvgIpc) is 2.50.